The van der Waals surface area contributed by atoms with Crippen LogP contribution >= 0.6 is 12.2 Å². The summed E-state index contributed by atoms with van der Waals surface area (Å²) in [6, 6.07) is 8.91. The molecule has 0 bridgehead atoms. The highest BCUT2D eigenvalue weighted by Crippen LogP contribution is 2.09. The summed E-state index contributed by atoms with van der Waals surface area (Å²) in [5.41, 5.74) is 0. The van der Waals surface area contributed by atoms with E-state index in [1.54, 1.807) is 35.9 Å². The van der Waals surface area contributed by atoms with Crippen molar-refractivity contribution >= 4 is 18.2 Å². The molecule has 1 N–H and O–H groups in total. The number of esters is 1. The normalized spacial score (nSPS) is 10.2. The second-order valence-corrected chi connectivity index (χ2v) is 3.85. The van der Waals surface area contributed by atoms with Gasteiger partial charge in [0.25, 0.3) is 0 Å². The fourth-order valence-electron chi connectivity index (χ4n) is 1.32. The molecule has 0 aliphatic carbocycles. The predicted molar refractivity (Wildman–Crippen MR) is 64.2 cm³/mol. The maximum Gasteiger partial charge on any atom is 0.318 e. The van der Waals surface area contributed by atoms with Gasteiger partial charge < -0.3 is 9.30 Å². The minimum absolute atomic E-state index is 0.0819. The summed E-state index contributed by atoms with van der Waals surface area (Å²) in [6.07, 6.45) is 0.0819. The average Bonchev–Trinajstić information content (AvgIpc) is 2.62. The van der Waals surface area contributed by atoms with Crippen molar-refractivity contribution in [2.24, 2.45) is 7.05 Å². The molecule has 0 aliphatic rings. The Morgan fingerprint density at radius 1 is 1.47 bits per heavy atom. The number of ether oxygens (including phenoxy) is 1. The number of H-pyrrole nitrogens is 1. The molecule has 0 atom stereocenters. The van der Waals surface area contributed by atoms with Crippen molar-refractivity contribution in [3.63, 3.8) is 0 Å². The van der Waals surface area contributed by atoms with Gasteiger partial charge in [0, 0.05) is 7.05 Å². The van der Waals surface area contributed by atoms with Gasteiger partial charge in [0.05, 0.1) is 0 Å². The van der Waals surface area contributed by atoms with Crippen molar-refractivity contribution in [3.05, 3.63) is 40.9 Å². The Balaban J connectivity index is 2.03. The van der Waals surface area contributed by atoms with Crippen LogP contribution in [-0.4, -0.2) is 20.7 Å². The van der Waals surface area contributed by atoms with Crippen molar-refractivity contribution in [1.82, 2.24) is 14.8 Å². The van der Waals surface area contributed by atoms with Gasteiger partial charge in [0.15, 0.2) is 4.77 Å². The van der Waals surface area contributed by atoms with E-state index in [1.807, 2.05) is 6.07 Å². The van der Waals surface area contributed by atoms with Gasteiger partial charge in [-0.1, -0.05) is 18.2 Å². The monoisotopic (exact) mass is 249 g/mol. The minimum Gasteiger partial charge on any atom is -0.426 e. The van der Waals surface area contributed by atoms with Gasteiger partial charge in [-0.15, -0.1) is 0 Å². The number of benzene rings is 1. The molecular formula is C11H11N3O2S. The van der Waals surface area contributed by atoms with E-state index in [0.29, 0.717) is 16.3 Å². The highest BCUT2D eigenvalue weighted by atomic mass is 32.1. The molecule has 1 heterocycles. The molecule has 2 aromatic rings. The van der Waals surface area contributed by atoms with E-state index in [-0.39, 0.29) is 12.4 Å². The zero-order chi connectivity index (χ0) is 12.3. The summed E-state index contributed by atoms with van der Waals surface area (Å²) in [5, 5.41) is 6.56. The predicted octanol–water partition coefficient (Wildman–Crippen LogP) is 1.63. The summed E-state index contributed by atoms with van der Waals surface area (Å²) in [5.74, 6) is 0.707. The zero-order valence-corrected chi connectivity index (χ0v) is 10.0. The zero-order valence-electron chi connectivity index (χ0n) is 9.21. The molecule has 0 unspecified atom stereocenters. The van der Waals surface area contributed by atoms with E-state index in [9.17, 15) is 4.79 Å². The van der Waals surface area contributed by atoms with Crippen molar-refractivity contribution in [2.45, 2.75) is 6.42 Å². The smallest absolute Gasteiger partial charge is 0.318 e. The lowest BCUT2D eigenvalue weighted by Gasteiger charge is -2.03. The number of aromatic amines is 1. The minimum atomic E-state index is -0.367. The molecule has 0 saturated heterocycles. The molecule has 0 fully saturated rings. The third kappa shape index (κ3) is 2.79. The first-order valence-corrected chi connectivity index (χ1v) is 5.43. The third-order valence-electron chi connectivity index (χ3n) is 2.25. The molecule has 0 aliphatic heterocycles. The Labute approximate surface area is 103 Å². The first kappa shape index (κ1) is 11.5. The molecular weight excluding hydrogens is 238 g/mol. The van der Waals surface area contributed by atoms with Gasteiger partial charge in [0.1, 0.15) is 18.0 Å². The number of hydrogen-bond acceptors (Lipinski definition) is 4. The van der Waals surface area contributed by atoms with Crippen LogP contribution in [0.3, 0.4) is 0 Å². The van der Waals surface area contributed by atoms with Crippen LogP contribution in [0.2, 0.25) is 0 Å². The van der Waals surface area contributed by atoms with E-state index in [1.165, 1.54) is 0 Å². The summed E-state index contributed by atoms with van der Waals surface area (Å²) in [6.45, 7) is 0. The van der Waals surface area contributed by atoms with Gasteiger partial charge >= 0.3 is 5.97 Å². The van der Waals surface area contributed by atoms with Crippen LogP contribution in [0.1, 0.15) is 5.82 Å². The van der Waals surface area contributed by atoms with Crippen LogP contribution in [-0.2, 0) is 18.3 Å². The molecule has 0 spiro atoms. The van der Waals surface area contributed by atoms with Crippen LogP contribution in [0, 0.1) is 4.77 Å². The van der Waals surface area contributed by atoms with E-state index in [2.05, 4.69) is 10.2 Å². The Kier molecular flexibility index (Phi) is 3.34. The Hall–Kier alpha value is -1.95. The van der Waals surface area contributed by atoms with Gasteiger partial charge in [-0.05, 0) is 24.4 Å². The van der Waals surface area contributed by atoms with Crippen molar-refractivity contribution in [3.8, 4) is 5.75 Å². The molecule has 88 valence electrons. The number of nitrogens with zero attached hydrogens (tertiary/aromatic N) is 2. The topological polar surface area (TPSA) is 59.9 Å². The number of hydrogen-bond donors (Lipinski definition) is 1. The second-order valence-electron chi connectivity index (χ2n) is 3.47. The Morgan fingerprint density at radius 2 is 2.18 bits per heavy atom. The van der Waals surface area contributed by atoms with Crippen LogP contribution in [0.4, 0.5) is 0 Å². The molecule has 5 nitrogen and oxygen atoms in total. The quantitative estimate of drug-likeness (QED) is 0.510. The van der Waals surface area contributed by atoms with Crippen molar-refractivity contribution in [1.29, 1.82) is 0 Å². The van der Waals surface area contributed by atoms with Gasteiger partial charge in [-0.25, -0.2) is 0 Å². The third-order valence-corrected chi connectivity index (χ3v) is 2.61. The van der Waals surface area contributed by atoms with E-state index in [0.717, 1.165) is 0 Å². The SMILES string of the molecule is Cn1c(CC(=O)Oc2ccccc2)n[nH]c1=S. The summed E-state index contributed by atoms with van der Waals surface area (Å²) in [4.78, 5) is 11.6. The fraction of sp³-hybridized carbons (Fsp3) is 0.182. The first-order valence-electron chi connectivity index (χ1n) is 5.03. The van der Waals surface area contributed by atoms with Gasteiger partial charge in [0.2, 0.25) is 0 Å². The largest absolute Gasteiger partial charge is 0.426 e. The van der Waals surface area contributed by atoms with Crippen LogP contribution in [0.5, 0.6) is 5.75 Å². The fourth-order valence-corrected chi connectivity index (χ4v) is 1.47. The Morgan fingerprint density at radius 3 is 2.76 bits per heavy atom. The average molecular weight is 249 g/mol. The number of carbonyl (C=O) groups excluding carboxylic acids is 1. The number of nitrogens with one attached hydrogen (secondary N) is 1. The second kappa shape index (κ2) is 4.92. The maximum atomic E-state index is 11.6. The highest BCUT2D eigenvalue weighted by molar-refractivity contribution is 7.71. The van der Waals surface area contributed by atoms with E-state index < -0.39 is 0 Å². The molecule has 0 amide bonds. The molecule has 6 heteroatoms. The van der Waals surface area contributed by atoms with Crippen molar-refractivity contribution in [2.75, 3.05) is 0 Å². The van der Waals surface area contributed by atoms with Gasteiger partial charge in [-0.2, -0.15) is 5.10 Å². The molecule has 1 aromatic heterocycles. The van der Waals surface area contributed by atoms with Crippen molar-refractivity contribution < 1.29 is 9.53 Å². The lowest BCUT2D eigenvalue weighted by atomic mass is 10.3. The van der Waals surface area contributed by atoms with Gasteiger partial charge in [-0.3, -0.25) is 9.89 Å². The van der Waals surface area contributed by atoms with E-state index >= 15 is 0 Å². The summed E-state index contributed by atoms with van der Waals surface area (Å²) < 4.78 is 7.26. The van der Waals surface area contributed by atoms with Crippen LogP contribution in [0.25, 0.3) is 0 Å². The molecule has 17 heavy (non-hydrogen) atoms. The summed E-state index contributed by atoms with van der Waals surface area (Å²) in [7, 11) is 1.75. The molecule has 1 aromatic carbocycles. The standard InChI is InChI=1S/C11H11N3O2S/c1-14-9(12-13-11(14)17)7-10(15)16-8-5-3-2-4-6-8/h2-6H,7H2,1H3,(H,13,17). The van der Waals surface area contributed by atoms with Crippen LogP contribution < -0.4 is 4.74 Å². The summed E-state index contributed by atoms with van der Waals surface area (Å²) >= 11 is 4.95. The maximum absolute atomic E-state index is 11.6. The lowest BCUT2D eigenvalue weighted by molar-refractivity contribution is -0.133. The molecule has 0 saturated carbocycles. The number of para-hydroxylation sites is 1. The Bertz CT molecular complexity index is 574. The number of aromatic nitrogens is 3. The molecule has 0 radical (unpaired) electrons. The van der Waals surface area contributed by atoms with Crippen LogP contribution in [0.15, 0.2) is 30.3 Å². The lowest BCUT2D eigenvalue weighted by Crippen LogP contribution is -2.14. The number of carbonyl (C=O) groups is 1. The molecule has 2 rings (SSSR count). The van der Waals surface area contributed by atoms with E-state index in [4.69, 9.17) is 17.0 Å². The number of rotatable bonds is 3. The highest BCUT2D eigenvalue weighted by Gasteiger charge is 2.10. The first-order chi connectivity index (χ1) is 8.16.